The summed E-state index contributed by atoms with van der Waals surface area (Å²) < 4.78 is 2.26. The quantitative estimate of drug-likeness (QED) is 0.886. The summed E-state index contributed by atoms with van der Waals surface area (Å²) in [5, 5.41) is 3.89. The van der Waals surface area contributed by atoms with Crippen LogP contribution in [0.15, 0.2) is 22.7 Å². The van der Waals surface area contributed by atoms with E-state index in [9.17, 15) is 4.79 Å². The molecule has 3 rings (SSSR count). The van der Waals surface area contributed by atoms with Crippen LogP contribution in [-0.2, 0) is 0 Å². The van der Waals surface area contributed by atoms with Crippen molar-refractivity contribution >= 4 is 48.6 Å². The number of fused-ring (bicyclic) bond motifs is 1. The molecule has 1 fully saturated rings. The monoisotopic (exact) mass is 368 g/mol. The number of benzene rings is 1. The molecule has 0 bridgehead atoms. The molecule has 7 heteroatoms. The van der Waals surface area contributed by atoms with E-state index in [0.717, 1.165) is 41.3 Å². The van der Waals surface area contributed by atoms with Gasteiger partial charge in [0.05, 0.1) is 10.2 Å². The number of amides is 2. The van der Waals surface area contributed by atoms with Crippen LogP contribution in [0.3, 0.4) is 0 Å². The van der Waals surface area contributed by atoms with Gasteiger partial charge >= 0.3 is 6.03 Å². The van der Waals surface area contributed by atoms with Crippen molar-refractivity contribution in [2.24, 2.45) is 0 Å². The van der Waals surface area contributed by atoms with Crippen LogP contribution in [0.25, 0.3) is 10.2 Å². The number of carbonyl (C=O) groups excluding carboxylic acids is 1. The first-order valence-electron chi connectivity index (χ1n) is 7.01. The normalized spacial score (nSPS) is 15.5. The molecular weight excluding hydrogens is 352 g/mol. The van der Waals surface area contributed by atoms with E-state index in [1.54, 1.807) is 11.3 Å². The maximum atomic E-state index is 11.8. The molecule has 2 amide bonds. The zero-order valence-corrected chi connectivity index (χ0v) is 14.2. The number of hydrogen-bond donors (Lipinski definition) is 1. The van der Waals surface area contributed by atoms with Crippen LogP contribution in [0.1, 0.15) is 6.92 Å². The molecule has 1 saturated heterocycles. The molecule has 0 aliphatic carbocycles. The van der Waals surface area contributed by atoms with Crippen molar-refractivity contribution in [1.29, 1.82) is 0 Å². The summed E-state index contributed by atoms with van der Waals surface area (Å²) in [5.74, 6) is 0. The van der Waals surface area contributed by atoms with Gasteiger partial charge in [-0.2, -0.15) is 0 Å². The molecule has 1 aliphatic heterocycles. The van der Waals surface area contributed by atoms with Gasteiger partial charge in [0.25, 0.3) is 0 Å². The fourth-order valence-electron chi connectivity index (χ4n) is 2.39. The van der Waals surface area contributed by atoms with Gasteiger partial charge in [0.2, 0.25) is 0 Å². The number of nitrogens with zero attached hydrogens (tertiary/aromatic N) is 3. The van der Waals surface area contributed by atoms with Crippen molar-refractivity contribution in [1.82, 2.24) is 15.2 Å². The Bertz CT molecular complexity index is 651. The highest BCUT2D eigenvalue weighted by Gasteiger charge is 2.22. The Morgan fingerprint density at radius 3 is 2.86 bits per heavy atom. The summed E-state index contributed by atoms with van der Waals surface area (Å²) in [6, 6.07) is 6.18. The molecule has 112 valence electrons. The largest absolute Gasteiger partial charge is 0.345 e. The molecule has 1 aliphatic rings. The summed E-state index contributed by atoms with van der Waals surface area (Å²) in [7, 11) is 0. The highest BCUT2D eigenvalue weighted by Crippen LogP contribution is 2.31. The van der Waals surface area contributed by atoms with Crippen LogP contribution < -0.4 is 10.2 Å². The fraction of sp³-hybridized carbons (Fsp3) is 0.429. The number of thiazole rings is 1. The van der Waals surface area contributed by atoms with Crippen molar-refractivity contribution < 1.29 is 4.79 Å². The summed E-state index contributed by atoms with van der Waals surface area (Å²) in [5.41, 5.74) is 1.03. The lowest BCUT2D eigenvalue weighted by Crippen LogP contribution is -2.51. The molecule has 1 aromatic heterocycles. The van der Waals surface area contributed by atoms with Gasteiger partial charge in [-0.15, -0.1) is 0 Å². The molecule has 0 saturated carbocycles. The van der Waals surface area contributed by atoms with E-state index in [-0.39, 0.29) is 6.03 Å². The van der Waals surface area contributed by atoms with E-state index in [2.05, 4.69) is 37.2 Å². The van der Waals surface area contributed by atoms with Crippen molar-refractivity contribution in [2.75, 3.05) is 37.6 Å². The Balaban J connectivity index is 1.69. The van der Waals surface area contributed by atoms with E-state index in [0.29, 0.717) is 6.54 Å². The summed E-state index contributed by atoms with van der Waals surface area (Å²) in [6.45, 7) is 5.76. The molecule has 0 spiro atoms. The lowest BCUT2D eigenvalue weighted by atomic mass is 10.3. The lowest BCUT2D eigenvalue weighted by Gasteiger charge is -2.34. The minimum Gasteiger partial charge on any atom is -0.345 e. The smallest absolute Gasteiger partial charge is 0.317 e. The van der Waals surface area contributed by atoms with Crippen LogP contribution >= 0.6 is 27.3 Å². The van der Waals surface area contributed by atoms with Gasteiger partial charge in [0.15, 0.2) is 5.13 Å². The first-order chi connectivity index (χ1) is 10.2. The molecule has 2 aromatic rings. The van der Waals surface area contributed by atoms with Crippen molar-refractivity contribution in [3.8, 4) is 0 Å². The number of rotatable bonds is 2. The van der Waals surface area contributed by atoms with E-state index in [4.69, 9.17) is 0 Å². The molecule has 0 atom stereocenters. The van der Waals surface area contributed by atoms with Gasteiger partial charge in [-0.05, 0) is 25.1 Å². The van der Waals surface area contributed by atoms with E-state index < -0.39 is 0 Å². The zero-order chi connectivity index (χ0) is 14.8. The molecule has 0 unspecified atom stereocenters. The number of piperazine rings is 1. The highest BCUT2D eigenvalue weighted by atomic mass is 79.9. The first kappa shape index (κ1) is 14.6. The van der Waals surface area contributed by atoms with Gasteiger partial charge in [-0.1, -0.05) is 27.3 Å². The Morgan fingerprint density at radius 1 is 1.38 bits per heavy atom. The van der Waals surface area contributed by atoms with Gasteiger partial charge in [0, 0.05) is 37.2 Å². The third kappa shape index (κ3) is 3.13. The Morgan fingerprint density at radius 2 is 2.14 bits per heavy atom. The standard InChI is InChI=1S/C14H17BrN4OS/c1-2-16-13(20)18-5-7-19(8-6-18)14-17-11-4-3-10(15)9-12(11)21-14/h3-4,9H,2,5-8H2,1H3,(H,16,20). The zero-order valence-electron chi connectivity index (χ0n) is 11.8. The van der Waals surface area contributed by atoms with Gasteiger partial charge < -0.3 is 15.1 Å². The van der Waals surface area contributed by atoms with E-state index >= 15 is 0 Å². The second-order valence-electron chi connectivity index (χ2n) is 4.92. The van der Waals surface area contributed by atoms with Crippen LogP contribution in [0.4, 0.5) is 9.93 Å². The van der Waals surface area contributed by atoms with Crippen molar-refractivity contribution in [2.45, 2.75) is 6.92 Å². The maximum Gasteiger partial charge on any atom is 0.317 e. The minimum atomic E-state index is 0.0328. The number of anilines is 1. The average Bonchev–Trinajstić information content (AvgIpc) is 2.90. The summed E-state index contributed by atoms with van der Waals surface area (Å²) in [6.07, 6.45) is 0. The Kier molecular flexibility index (Phi) is 4.30. The predicted molar refractivity (Wildman–Crippen MR) is 90.2 cm³/mol. The predicted octanol–water partition coefficient (Wildman–Crippen LogP) is 2.91. The molecule has 1 aromatic carbocycles. The van der Waals surface area contributed by atoms with Crippen LogP contribution in [0, 0.1) is 0 Å². The Hall–Kier alpha value is -1.34. The maximum absolute atomic E-state index is 11.8. The van der Waals surface area contributed by atoms with Gasteiger partial charge in [-0.25, -0.2) is 9.78 Å². The van der Waals surface area contributed by atoms with Crippen molar-refractivity contribution in [3.05, 3.63) is 22.7 Å². The fourth-order valence-corrected chi connectivity index (χ4v) is 3.95. The lowest BCUT2D eigenvalue weighted by molar-refractivity contribution is 0.195. The number of carbonyl (C=O) groups is 1. The van der Waals surface area contributed by atoms with Crippen LogP contribution in [0.5, 0.6) is 0 Å². The third-order valence-corrected chi connectivity index (χ3v) is 5.08. The molecule has 5 nitrogen and oxygen atoms in total. The minimum absolute atomic E-state index is 0.0328. The number of halogens is 1. The van der Waals surface area contributed by atoms with Crippen molar-refractivity contribution in [3.63, 3.8) is 0 Å². The summed E-state index contributed by atoms with van der Waals surface area (Å²) in [4.78, 5) is 20.6. The van der Waals surface area contributed by atoms with Gasteiger partial charge in [0.1, 0.15) is 0 Å². The first-order valence-corrected chi connectivity index (χ1v) is 8.62. The number of aromatic nitrogens is 1. The molecule has 0 radical (unpaired) electrons. The molecule has 2 heterocycles. The van der Waals surface area contributed by atoms with E-state index in [1.807, 2.05) is 24.0 Å². The average molecular weight is 369 g/mol. The topological polar surface area (TPSA) is 48.5 Å². The second-order valence-corrected chi connectivity index (χ2v) is 6.84. The van der Waals surface area contributed by atoms with E-state index in [1.165, 1.54) is 4.70 Å². The summed E-state index contributed by atoms with van der Waals surface area (Å²) >= 11 is 5.19. The van der Waals surface area contributed by atoms with Gasteiger partial charge in [-0.3, -0.25) is 0 Å². The molecule has 21 heavy (non-hydrogen) atoms. The van der Waals surface area contributed by atoms with Crippen LogP contribution in [-0.4, -0.2) is 48.6 Å². The molecule has 1 N–H and O–H groups in total. The number of hydrogen-bond acceptors (Lipinski definition) is 4. The SMILES string of the molecule is CCNC(=O)N1CCN(c2nc3ccc(Br)cc3s2)CC1. The molecular formula is C14H17BrN4OS. The highest BCUT2D eigenvalue weighted by molar-refractivity contribution is 9.10. The van der Waals surface area contributed by atoms with Crippen LogP contribution in [0.2, 0.25) is 0 Å². The second kappa shape index (κ2) is 6.19. The third-order valence-electron chi connectivity index (χ3n) is 3.50. The Labute approximate surface area is 136 Å². The number of nitrogens with one attached hydrogen (secondary N) is 1. The number of urea groups is 1.